The lowest BCUT2D eigenvalue weighted by Crippen LogP contribution is -2.58. The van der Waals surface area contributed by atoms with E-state index in [1.165, 1.54) is 11.8 Å². The van der Waals surface area contributed by atoms with Crippen molar-refractivity contribution in [2.45, 2.75) is 63.7 Å². The summed E-state index contributed by atoms with van der Waals surface area (Å²) in [5, 5.41) is 17.3. The molecule has 0 aromatic heterocycles. The third-order valence-electron chi connectivity index (χ3n) is 5.69. The Bertz CT molecular complexity index is 900. The summed E-state index contributed by atoms with van der Waals surface area (Å²) in [7, 11) is 0. The molecule has 0 heterocycles. The molecule has 5 atom stereocenters. The molecule has 36 heavy (non-hydrogen) atoms. The van der Waals surface area contributed by atoms with E-state index in [1.54, 1.807) is 31.2 Å². The van der Waals surface area contributed by atoms with Crippen LogP contribution in [0.25, 0.3) is 0 Å². The number of carbonyl (C=O) groups is 5. The zero-order chi connectivity index (χ0) is 27.3. The van der Waals surface area contributed by atoms with Gasteiger partial charge in [0.1, 0.15) is 18.1 Å². The van der Waals surface area contributed by atoms with Crippen molar-refractivity contribution in [3.8, 4) is 0 Å². The first-order chi connectivity index (χ1) is 17.0. The van der Waals surface area contributed by atoms with E-state index in [4.69, 9.17) is 11.5 Å². The molecule has 4 amide bonds. The smallest absolute Gasteiger partial charge is 0.326 e. The molecular weight excluding hydrogens is 486 g/mol. The van der Waals surface area contributed by atoms with Crippen molar-refractivity contribution in [1.29, 1.82) is 0 Å². The number of carbonyl (C=O) groups excluding carboxylic acids is 4. The van der Waals surface area contributed by atoms with E-state index in [2.05, 4.69) is 16.0 Å². The van der Waals surface area contributed by atoms with Crippen LogP contribution in [0.4, 0.5) is 0 Å². The molecule has 11 nitrogen and oxygen atoms in total. The molecule has 0 aliphatic carbocycles. The lowest BCUT2D eigenvalue weighted by Gasteiger charge is -2.26. The lowest BCUT2D eigenvalue weighted by molar-refractivity contribution is -0.143. The van der Waals surface area contributed by atoms with Gasteiger partial charge in [-0.2, -0.15) is 11.8 Å². The Kier molecular flexibility index (Phi) is 13.6. The van der Waals surface area contributed by atoms with Gasteiger partial charge in [-0.05, 0) is 29.9 Å². The maximum absolute atomic E-state index is 13.2. The monoisotopic (exact) mass is 523 g/mol. The molecule has 0 radical (unpaired) electrons. The first-order valence-corrected chi connectivity index (χ1v) is 13.1. The van der Waals surface area contributed by atoms with Crippen LogP contribution in [0.2, 0.25) is 0 Å². The van der Waals surface area contributed by atoms with E-state index in [1.807, 2.05) is 19.2 Å². The normalized spacial score (nSPS) is 15.0. The zero-order valence-corrected chi connectivity index (χ0v) is 21.7. The van der Waals surface area contributed by atoms with E-state index in [0.29, 0.717) is 12.2 Å². The maximum atomic E-state index is 13.2. The molecule has 200 valence electrons. The number of hydrogen-bond acceptors (Lipinski definition) is 7. The number of rotatable bonds is 16. The lowest BCUT2D eigenvalue weighted by atomic mass is 9.98. The Morgan fingerprint density at radius 1 is 0.972 bits per heavy atom. The zero-order valence-electron chi connectivity index (χ0n) is 20.9. The van der Waals surface area contributed by atoms with E-state index in [9.17, 15) is 29.1 Å². The van der Waals surface area contributed by atoms with Gasteiger partial charge in [0.05, 0.1) is 12.5 Å². The van der Waals surface area contributed by atoms with Crippen LogP contribution in [-0.2, 0) is 30.4 Å². The molecule has 0 saturated carbocycles. The van der Waals surface area contributed by atoms with Crippen molar-refractivity contribution in [3.05, 3.63) is 35.9 Å². The Labute approximate surface area is 215 Å². The Morgan fingerprint density at radius 2 is 1.56 bits per heavy atom. The number of primary amides is 1. The number of aliphatic carboxylic acids is 1. The third-order valence-corrected chi connectivity index (χ3v) is 6.34. The summed E-state index contributed by atoms with van der Waals surface area (Å²) in [4.78, 5) is 61.6. The molecule has 0 spiro atoms. The molecule has 5 unspecified atom stereocenters. The van der Waals surface area contributed by atoms with Crippen molar-refractivity contribution < 1.29 is 29.1 Å². The summed E-state index contributed by atoms with van der Waals surface area (Å²) in [5.41, 5.74) is 11.6. The molecule has 1 aromatic carbocycles. The van der Waals surface area contributed by atoms with Gasteiger partial charge in [0.15, 0.2) is 0 Å². The number of nitrogens with two attached hydrogens (primary N) is 2. The number of hydrogen-bond donors (Lipinski definition) is 6. The molecule has 0 aliphatic rings. The van der Waals surface area contributed by atoms with Gasteiger partial charge in [0.25, 0.3) is 0 Å². The van der Waals surface area contributed by atoms with Crippen LogP contribution >= 0.6 is 11.8 Å². The molecule has 0 fully saturated rings. The number of benzene rings is 1. The third kappa shape index (κ3) is 10.6. The van der Waals surface area contributed by atoms with E-state index >= 15 is 0 Å². The number of nitrogens with one attached hydrogen (secondary N) is 3. The minimum Gasteiger partial charge on any atom is -0.480 e. The first kappa shape index (κ1) is 30.9. The molecule has 0 bridgehead atoms. The number of amides is 4. The number of carboxylic acid groups (broad SMARTS) is 1. The summed E-state index contributed by atoms with van der Waals surface area (Å²) in [6, 6.07) is 4.47. The Morgan fingerprint density at radius 3 is 2.08 bits per heavy atom. The topological polar surface area (TPSA) is 194 Å². The highest BCUT2D eigenvalue weighted by Crippen LogP contribution is 2.11. The van der Waals surface area contributed by atoms with Crippen LogP contribution in [0.15, 0.2) is 30.3 Å². The van der Waals surface area contributed by atoms with Crippen LogP contribution in [0.1, 0.15) is 38.7 Å². The summed E-state index contributed by atoms with van der Waals surface area (Å²) in [6.07, 6.45) is 2.33. The van der Waals surface area contributed by atoms with Crippen LogP contribution in [-0.4, -0.2) is 70.9 Å². The fraction of sp³-hybridized carbons (Fsp3) is 0.542. The summed E-state index contributed by atoms with van der Waals surface area (Å²) < 4.78 is 0. The molecule has 1 rings (SSSR count). The van der Waals surface area contributed by atoms with Gasteiger partial charge in [0.2, 0.25) is 23.6 Å². The highest BCUT2D eigenvalue weighted by atomic mass is 32.2. The van der Waals surface area contributed by atoms with Crippen LogP contribution in [0, 0.1) is 5.92 Å². The Balaban J connectivity index is 3.12. The average molecular weight is 524 g/mol. The van der Waals surface area contributed by atoms with Gasteiger partial charge in [-0.1, -0.05) is 50.6 Å². The standard InChI is InChI=1S/C24H37N5O6S/c1-4-14(2)20(24(34)35)29-23(33)18(12-15-8-6-5-7-9-15)28-22(32)17(10-11-36-3)27-21(31)16(25)13-19(26)30/h5-9,14,16-18,20H,4,10-13,25H2,1-3H3,(H2,26,30)(H,27,31)(H,28,32)(H,29,33)(H,34,35). The van der Waals surface area contributed by atoms with Crippen molar-refractivity contribution in [1.82, 2.24) is 16.0 Å². The second-order valence-electron chi connectivity index (χ2n) is 8.58. The second-order valence-corrected chi connectivity index (χ2v) is 9.57. The Hall–Kier alpha value is -3.12. The van der Waals surface area contributed by atoms with Gasteiger partial charge < -0.3 is 32.5 Å². The first-order valence-electron chi connectivity index (χ1n) is 11.7. The van der Waals surface area contributed by atoms with E-state index in [0.717, 1.165) is 5.56 Å². The highest BCUT2D eigenvalue weighted by Gasteiger charge is 2.32. The van der Waals surface area contributed by atoms with Crippen molar-refractivity contribution in [2.24, 2.45) is 17.4 Å². The van der Waals surface area contributed by atoms with Crippen LogP contribution in [0.3, 0.4) is 0 Å². The quantitative estimate of drug-likeness (QED) is 0.171. The van der Waals surface area contributed by atoms with Crippen LogP contribution in [0.5, 0.6) is 0 Å². The second kappa shape index (κ2) is 15.8. The fourth-order valence-electron chi connectivity index (χ4n) is 3.36. The predicted octanol–water partition coefficient (Wildman–Crippen LogP) is -0.230. The van der Waals surface area contributed by atoms with Gasteiger partial charge in [-0.15, -0.1) is 0 Å². The molecule has 0 saturated heterocycles. The molecule has 12 heteroatoms. The largest absolute Gasteiger partial charge is 0.480 e. The molecule has 1 aromatic rings. The number of carboxylic acids is 1. The van der Waals surface area contributed by atoms with Crippen molar-refractivity contribution in [3.63, 3.8) is 0 Å². The van der Waals surface area contributed by atoms with E-state index in [-0.39, 0.29) is 25.2 Å². The van der Waals surface area contributed by atoms with E-state index < -0.39 is 53.8 Å². The molecular formula is C24H37N5O6S. The number of thioether (sulfide) groups is 1. The maximum Gasteiger partial charge on any atom is 0.326 e. The minimum atomic E-state index is -1.22. The van der Waals surface area contributed by atoms with Crippen molar-refractivity contribution >= 4 is 41.4 Å². The van der Waals surface area contributed by atoms with Crippen LogP contribution < -0.4 is 27.4 Å². The summed E-state index contributed by atoms with van der Waals surface area (Å²) in [5.74, 6) is -3.74. The highest BCUT2D eigenvalue weighted by molar-refractivity contribution is 7.98. The predicted molar refractivity (Wildman–Crippen MR) is 138 cm³/mol. The molecule has 8 N–H and O–H groups in total. The molecule has 0 aliphatic heterocycles. The van der Waals surface area contributed by atoms with Gasteiger partial charge in [0, 0.05) is 6.42 Å². The SMILES string of the molecule is CCC(C)C(NC(=O)C(Cc1ccccc1)NC(=O)C(CCSC)NC(=O)C(N)CC(N)=O)C(=O)O. The average Bonchev–Trinajstić information content (AvgIpc) is 2.83. The summed E-state index contributed by atoms with van der Waals surface area (Å²) in [6.45, 7) is 3.53. The van der Waals surface area contributed by atoms with Gasteiger partial charge in [-0.25, -0.2) is 4.79 Å². The van der Waals surface area contributed by atoms with Crippen molar-refractivity contribution in [2.75, 3.05) is 12.0 Å². The summed E-state index contributed by atoms with van der Waals surface area (Å²) >= 11 is 1.46. The minimum absolute atomic E-state index is 0.107. The van der Waals surface area contributed by atoms with Gasteiger partial charge >= 0.3 is 5.97 Å². The fourth-order valence-corrected chi connectivity index (χ4v) is 3.83. The van der Waals surface area contributed by atoms with Gasteiger partial charge in [-0.3, -0.25) is 19.2 Å².